The molecule has 9 nitrogen and oxygen atoms in total. The molecule has 0 heterocycles. The van der Waals surface area contributed by atoms with Crippen LogP contribution in [0.1, 0.15) is 42.1 Å². The molecule has 32 heavy (non-hydrogen) atoms. The van der Waals surface area contributed by atoms with Gasteiger partial charge in [0.1, 0.15) is 18.1 Å². The topological polar surface area (TPSA) is 171 Å². The number of unbranched alkanes of at least 4 members (excludes halogenated alkanes) is 1. The number of nitrogens with one attached hydrogen (secondary N) is 1. The largest absolute Gasteiger partial charge is 0.497 e. The Hall–Kier alpha value is -3.27. The summed E-state index contributed by atoms with van der Waals surface area (Å²) in [6, 6.07) is 13.7. The molecule has 0 radical (unpaired) electrons. The maximum Gasteiger partial charge on any atom is 0.320 e. The second-order valence-corrected chi connectivity index (χ2v) is 6.70. The first-order valence-electron chi connectivity index (χ1n) is 10.1. The minimum atomic E-state index is -0.933. The summed E-state index contributed by atoms with van der Waals surface area (Å²) in [6.07, 6.45) is 2.93. The third-order valence-corrected chi connectivity index (χ3v) is 4.05. The summed E-state index contributed by atoms with van der Waals surface area (Å²) >= 11 is 0. The van der Waals surface area contributed by atoms with Crippen LogP contribution in [0.25, 0.3) is 0 Å². The first-order valence-corrected chi connectivity index (χ1v) is 10.1. The average Bonchev–Trinajstić information content (AvgIpc) is 2.80. The van der Waals surface area contributed by atoms with Gasteiger partial charge in [-0.05, 0) is 61.3 Å². The normalized spacial score (nSPS) is 10.4. The second-order valence-electron chi connectivity index (χ2n) is 6.70. The van der Waals surface area contributed by atoms with Crippen molar-refractivity contribution in [3.05, 3.63) is 59.7 Å². The summed E-state index contributed by atoms with van der Waals surface area (Å²) in [4.78, 5) is 31.0. The lowest BCUT2D eigenvalue weighted by Crippen LogP contribution is -2.29. The number of aliphatic carboxylic acids is 1. The Labute approximate surface area is 188 Å². The lowest BCUT2D eigenvalue weighted by molar-refractivity contribution is -0.138. The van der Waals surface area contributed by atoms with Crippen molar-refractivity contribution >= 4 is 23.9 Å². The van der Waals surface area contributed by atoms with Gasteiger partial charge < -0.3 is 32.4 Å². The van der Waals surface area contributed by atoms with Crippen LogP contribution in [0.4, 0.5) is 5.69 Å². The molecule has 0 aliphatic heterocycles. The number of benzene rings is 2. The standard InChI is InChI=1S/C9H9NO2.C8H11NO.C6H14N2O2/c1-7(12)10-9-4-2-8(6-11)3-5-9;1-10-8-4-2-7(6-9)3-5-8;7-4-2-1-3-5(8)6(9)10/h2-6H,1H3,(H,10,12);2-5H,6,9H2,1H3;5H,1-4,7-8H2,(H,9,10)/t;;5-/m..0/s1. The highest BCUT2D eigenvalue weighted by Gasteiger charge is 2.09. The van der Waals surface area contributed by atoms with Crippen LogP contribution >= 0.6 is 0 Å². The number of anilines is 1. The van der Waals surface area contributed by atoms with Crippen LogP contribution in [0.5, 0.6) is 5.75 Å². The summed E-state index contributed by atoms with van der Waals surface area (Å²) in [6.45, 7) is 2.63. The van der Waals surface area contributed by atoms with Gasteiger partial charge in [-0.3, -0.25) is 14.4 Å². The zero-order valence-corrected chi connectivity index (χ0v) is 18.6. The number of carboxylic acids is 1. The van der Waals surface area contributed by atoms with Crippen LogP contribution < -0.4 is 27.3 Å². The number of ether oxygens (including phenoxy) is 1. The fraction of sp³-hybridized carbons (Fsp3) is 0.348. The molecule has 0 fully saturated rings. The van der Waals surface area contributed by atoms with E-state index in [9.17, 15) is 14.4 Å². The zero-order chi connectivity index (χ0) is 24.4. The average molecular weight is 447 g/mol. The molecule has 0 aliphatic rings. The van der Waals surface area contributed by atoms with Gasteiger partial charge in [-0.1, -0.05) is 18.6 Å². The SMILES string of the molecule is CC(=O)Nc1ccc(C=O)cc1.COc1ccc(CN)cc1.NCCCC[C@H](N)C(=O)O. The minimum absolute atomic E-state index is 0.117. The molecule has 2 aromatic carbocycles. The van der Waals surface area contributed by atoms with Crippen molar-refractivity contribution in [1.82, 2.24) is 0 Å². The zero-order valence-electron chi connectivity index (χ0n) is 18.6. The van der Waals surface area contributed by atoms with Crippen molar-refractivity contribution in [2.45, 2.75) is 38.8 Å². The monoisotopic (exact) mass is 446 g/mol. The van der Waals surface area contributed by atoms with Crippen LogP contribution in [0.3, 0.4) is 0 Å². The van der Waals surface area contributed by atoms with E-state index in [0.717, 1.165) is 30.4 Å². The number of carbonyl (C=O) groups is 3. The van der Waals surface area contributed by atoms with E-state index >= 15 is 0 Å². The fourth-order valence-corrected chi connectivity index (χ4v) is 2.24. The number of carbonyl (C=O) groups excluding carboxylic acids is 2. The van der Waals surface area contributed by atoms with Crippen LogP contribution in [-0.4, -0.2) is 43.0 Å². The van der Waals surface area contributed by atoms with Gasteiger partial charge in [-0.15, -0.1) is 0 Å². The van der Waals surface area contributed by atoms with Crippen molar-refractivity contribution in [2.24, 2.45) is 17.2 Å². The van der Waals surface area contributed by atoms with Gasteiger partial charge in [0, 0.05) is 24.7 Å². The van der Waals surface area contributed by atoms with Gasteiger partial charge in [0.2, 0.25) is 5.91 Å². The molecule has 0 unspecified atom stereocenters. The van der Waals surface area contributed by atoms with E-state index in [0.29, 0.717) is 30.8 Å². The second kappa shape index (κ2) is 17.4. The first-order chi connectivity index (χ1) is 15.3. The fourth-order valence-electron chi connectivity index (χ4n) is 2.24. The van der Waals surface area contributed by atoms with E-state index in [-0.39, 0.29) is 5.91 Å². The van der Waals surface area contributed by atoms with Gasteiger partial charge in [-0.2, -0.15) is 0 Å². The number of aldehydes is 1. The summed E-state index contributed by atoms with van der Waals surface area (Å²) < 4.78 is 4.97. The molecular weight excluding hydrogens is 412 g/mol. The summed E-state index contributed by atoms with van der Waals surface area (Å²) in [5.74, 6) is -0.178. The molecule has 0 aliphatic carbocycles. The van der Waals surface area contributed by atoms with Crippen molar-refractivity contribution in [2.75, 3.05) is 19.0 Å². The Balaban J connectivity index is 0.000000454. The van der Waals surface area contributed by atoms with Gasteiger partial charge in [0.25, 0.3) is 0 Å². The quantitative estimate of drug-likeness (QED) is 0.288. The van der Waals surface area contributed by atoms with E-state index < -0.39 is 12.0 Å². The van der Waals surface area contributed by atoms with E-state index in [1.165, 1.54) is 6.92 Å². The molecular formula is C23H34N4O5. The number of hydrogen-bond donors (Lipinski definition) is 5. The molecule has 9 heteroatoms. The first kappa shape index (κ1) is 28.7. The smallest absolute Gasteiger partial charge is 0.320 e. The minimum Gasteiger partial charge on any atom is -0.497 e. The van der Waals surface area contributed by atoms with Crippen molar-refractivity contribution in [1.29, 1.82) is 0 Å². The molecule has 0 bridgehead atoms. The van der Waals surface area contributed by atoms with Crippen LogP contribution in [0, 0.1) is 0 Å². The molecule has 0 saturated carbocycles. The Kier molecular flexibility index (Phi) is 15.6. The van der Waals surface area contributed by atoms with Gasteiger partial charge in [-0.25, -0.2) is 0 Å². The van der Waals surface area contributed by atoms with Crippen LogP contribution in [-0.2, 0) is 16.1 Å². The molecule has 2 rings (SSSR count). The number of hydrogen-bond acceptors (Lipinski definition) is 7. The molecule has 0 saturated heterocycles. The van der Waals surface area contributed by atoms with Crippen molar-refractivity contribution in [3.63, 3.8) is 0 Å². The maximum atomic E-state index is 10.6. The van der Waals surface area contributed by atoms with Gasteiger partial charge >= 0.3 is 5.97 Å². The maximum absolute atomic E-state index is 10.6. The molecule has 0 aromatic heterocycles. The molecule has 2 aromatic rings. The highest BCUT2D eigenvalue weighted by atomic mass is 16.5. The number of carboxylic acid groups (broad SMARTS) is 1. The number of nitrogens with two attached hydrogens (primary N) is 3. The molecule has 176 valence electrons. The molecule has 1 atom stereocenters. The lowest BCUT2D eigenvalue weighted by atomic mass is 10.1. The van der Waals surface area contributed by atoms with Crippen LogP contribution in [0.15, 0.2) is 48.5 Å². The summed E-state index contributed by atoms with van der Waals surface area (Å²) in [7, 11) is 1.65. The Morgan fingerprint density at radius 1 is 1.06 bits per heavy atom. The van der Waals surface area contributed by atoms with Gasteiger partial charge in [0.15, 0.2) is 0 Å². The highest BCUT2D eigenvalue weighted by molar-refractivity contribution is 5.89. The lowest BCUT2D eigenvalue weighted by Gasteiger charge is -2.03. The summed E-state index contributed by atoms with van der Waals surface area (Å²) in [5.41, 5.74) is 18.2. The molecule has 0 spiro atoms. The van der Waals surface area contributed by atoms with Crippen molar-refractivity contribution < 1.29 is 24.2 Å². The Morgan fingerprint density at radius 3 is 2.06 bits per heavy atom. The Morgan fingerprint density at radius 2 is 1.66 bits per heavy atom. The molecule has 1 amide bonds. The molecule has 8 N–H and O–H groups in total. The van der Waals surface area contributed by atoms with E-state index in [1.54, 1.807) is 31.4 Å². The van der Waals surface area contributed by atoms with E-state index in [4.69, 9.17) is 27.0 Å². The predicted molar refractivity (Wildman–Crippen MR) is 126 cm³/mol. The Bertz CT molecular complexity index is 772. The van der Waals surface area contributed by atoms with Crippen molar-refractivity contribution in [3.8, 4) is 5.75 Å². The third kappa shape index (κ3) is 13.9. The predicted octanol–water partition coefficient (Wildman–Crippen LogP) is 2.14. The highest BCUT2D eigenvalue weighted by Crippen LogP contribution is 2.10. The van der Waals surface area contributed by atoms with E-state index in [1.807, 2.05) is 24.3 Å². The number of amides is 1. The third-order valence-electron chi connectivity index (χ3n) is 4.05. The number of rotatable bonds is 9. The summed E-state index contributed by atoms with van der Waals surface area (Å²) in [5, 5.41) is 10.9. The van der Waals surface area contributed by atoms with Crippen LogP contribution in [0.2, 0.25) is 0 Å². The number of methoxy groups -OCH3 is 1. The van der Waals surface area contributed by atoms with Gasteiger partial charge in [0.05, 0.1) is 7.11 Å². The van der Waals surface area contributed by atoms with E-state index in [2.05, 4.69) is 5.32 Å².